The second-order valence-corrected chi connectivity index (χ2v) is 4.62. The van der Waals surface area contributed by atoms with Crippen LogP contribution in [-0.2, 0) is 20.7 Å². The van der Waals surface area contributed by atoms with E-state index in [-0.39, 0.29) is 11.8 Å². The van der Waals surface area contributed by atoms with Gasteiger partial charge in [-0.25, -0.2) is 0 Å². The van der Waals surface area contributed by atoms with Crippen LogP contribution in [0, 0.1) is 0 Å². The minimum Gasteiger partial charge on any atom is -0.385 e. The summed E-state index contributed by atoms with van der Waals surface area (Å²) in [6.07, 6.45) is 1.15. The van der Waals surface area contributed by atoms with Gasteiger partial charge in [0.1, 0.15) is 0 Å². The van der Waals surface area contributed by atoms with Crippen LogP contribution in [0.3, 0.4) is 0 Å². The number of carbonyl (C=O) groups excluding carboxylic acids is 2. The first kappa shape index (κ1) is 16.2. The van der Waals surface area contributed by atoms with E-state index in [4.69, 9.17) is 4.74 Å². The third-order valence-corrected chi connectivity index (χ3v) is 3.01. The number of hydrogen-bond acceptors (Lipinski definition) is 3. The van der Waals surface area contributed by atoms with Crippen molar-refractivity contribution in [3.8, 4) is 0 Å². The first-order valence-corrected chi connectivity index (χ1v) is 6.63. The summed E-state index contributed by atoms with van der Waals surface area (Å²) in [5.74, 6) is -0.0255. The lowest BCUT2D eigenvalue weighted by Crippen LogP contribution is -2.26. The van der Waals surface area contributed by atoms with Gasteiger partial charge >= 0.3 is 0 Å². The second-order valence-electron chi connectivity index (χ2n) is 4.62. The molecular weight excluding hydrogens is 256 g/mol. The minimum absolute atomic E-state index is 0.00576. The highest BCUT2D eigenvalue weighted by Crippen LogP contribution is 2.14. The van der Waals surface area contributed by atoms with Gasteiger partial charge in [-0.3, -0.25) is 9.59 Å². The second kappa shape index (κ2) is 8.32. The zero-order valence-corrected chi connectivity index (χ0v) is 12.3. The molecule has 0 heterocycles. The average Bonchev–Trinajstić information content (AvgIpc) is 2.43. The minimum atomic E-state index is -0.0198. The number of nitrogens with zero attached hydrogens (tertiary/aromatic N) is 1. The van der Waals surface area contributed by atoms with Crippen LogP contribution in [0.1, 0.15) is 18.9 Å². The van der Waals surface area contributed by atoms with Gasteiger partial charge in [0, 0.05) is 39.9 Å². The molecule has 1 aromatic rings. The van der Waals surface area contributed by atoms with Crippen LogP contribution in [0.4, 0.5) is 5.69 Å². The molecule has 0 radical (unpaired) electrons. The molecule has 0 saturated carbocycles. The van der Waals surface area contributed by atoms with Crippen LogP contribution in [0.5, 0.6) is 0 Å². The molecule has 0 unspecified atom stereocenters. The number of nitrogens with one attached hydrogen (secondary N) is 1. The van der Waals surface area contributed by atoms with Crippen molar-refractivity contribution in [3.63, 3.8) is 0 Å². The standard InChI is InChI=1S/C15H22N2O3/c1-12(18)17(2)14-7-5-13(6-8-14)11-15(19)16-9-4-10-20-3/h5-8H,4,9-11H2,1-3H3,(H,16,19). The molecule has 2 amide bonds. The van der Waals surface area contributed by atoms with Crippen LogP contribution in [0.25, 0.3) is 0 Å². The summed E-state index contributed by atoms with van der Waals surface area (Å²) in [6.45, 7) is 2.78. The zero-order chi connectivity index (χ0) is 15.0. The molecule has 0 bridgehead atoms. The predicted molar refractivity (Wildman–Crippen MR) is 78.7 cm³/mol. The Bertz CT molecular complexity index is 443. The van der Waals surface area contributed by atoms with Gasteiger partial charge in [0.2, 0.25) is 11.8 Å². The number of benzene rings is 1. The van der Waals surface area contributed by atoms with E-state index in [0.717, 1.165) is 17.7 Å². The number of methoxy groups -OCH3 is 1. The smallest absolute Gasteiger partial charge is 0.224 e. The summed E-state index contributed by atoms with van der Waals surface area (Å²) in [5.41, 5.74) is 1.75. The highest BCUT2D eigenvalue weighted by Gasteiger charge is 2.06. The van der Waals surface area contributed by atoms with Crippen molar-refractivity contribution in [3.05, 3.63) is 29.8 Å². The Hall–Kier alpha value is -1.88. The van der Waals surface area contributed by atoms with Crippen molar-refractivity contribution in [2.45, 2.75) is 19.8 Å². The molecule has 20 heavy (non-hydrogen) atoms. The molecule has 0 aliphatic carbocycles. The van der Waals surface area contributed by atoms with Gasteiger partial charge in [0.15, 0.2) is 0 Å². The summed E-state index contributed by atoms with van der Waals surface area (Å²) in [6, 6.07) is 7.41. The molecular formula is C15H22N2O3. The monoisotopic (exact) mass is 278 g/mol. The lowest BCUT2D eigenvalue weighted by atomic mass is 10.1. The maximum absolute atomic E-state index is 11.7. The van der Waals surface area contributed by atoms with Crippen molar-refractivity contribution in [1.29, 1.82) is 0 Å². The molecule has 0 aliphatic rings. The Labute approximate surface area is 119 Å². The third kappa shape index (κ3) is 5.40. The summed E-state index contributed by atoms with van der Waals surface area (Å²) in [7, 11) is 3.36. The summed E-state index contributed by atoms with van der Waals surface area (Å²) < 4.78 is 4.91. The van der Waals surface area contributed by atoms with Gasteiger partial charge in [-0.2, -0.15) is 0 Å². The molecule has 0 aromatic heterocycles. The SMILES string of the molecule is COCCCNC(=O)Cc1ccc(N(C)C(C)=O)cc1. The Morgan fingerprint density at radius 3 is 2.45 bits per heavy atom. The van der Waals surface area contributed by atoms with Gasteiger partial charge in [0.25, 0.3) is 0 Å². The first-order chi connectivity index (χ1) is 9.54. The van der Waals surface area contributed by atoms with Gasteiger partial charge in [-0.05, 0) is 24.1 Å². The Morgan fingerprint density at radius 1 is 1.25 bits per heavy atom. The van der Waals surface area contributed by atoms with E-state index < -0.39 is 0 Å². The summed E-state index contributed by atoms with van der Waals surface area (Å²) in [4.78, 5) is 24.5. The fourth-order valence-corrected chi connectivity index (χ4v) is 1.71. The van der Waals surface area contributed by atoms with E-state index >= 15 is 0 Å². The van der Waals surface area contributed by atoms with E-state index in [1.165, 1.54) is 6.92 Å². The van der Waals surface area contributed by atoms with E-state index in [1.807, 2.05) is 24.3 Å². The highest BCUT2D eigenvalue weighted by molar-refractivity contribution is 5.90. The van der Waals surface area contributed by atoms with E-state index in [2.05, 4.69) is 5.32 Å². The van der Waals surface area contributed by atoms with E-state index in [9.17, 15) is 9.59 Å². The van der Waals surface area contributed by atoms with Crippen LogP contribution >= 0.6 is 0 Å². The highest BCUT2D eigenvalue weighted by atomic mass is 16.5. The fraction of sp³-hybridized carbons (Fsp3) is 0.467. The molecule has 1 N–H and O–H groups in total. The zero-order valence-electron chi connectivity index (χ0n) is 12.3. The van der Waals surface area contributed by atoms with Gasteiger partial charge in [-0.15, -0.1) is 0 Å². The molecule has 1 rings (SSSR count). The molecule has 0 fully saturated rings. The molecule has 5 nitrogen and oxygen atoms in total. The maximum Gasteiger partial charge on any atom is 0.224 e. The molecule has 5 heteroatoms. The van der Waals surface area contributed by atoms with Gasteiger partial charge in [-0.1, -0.05) is 12.1 Å². The lowest BCUT2D eigenvalue weighted by molar-refractivity contribution is -0.120. The largest absolute Gasteiger partial charge is 0.385 e. The average molecular weight is 278 g/mol. The van der Waals surface area contributed by atoms with Crippen LogP contribution in [0.2, 0.25) is 0 Å². The van der Waals surface area contributed by atoms with Gasteiger partial charge in [0.05, 0.1) is 6.42 Å². The molecule has 0 saturated heterocycles. The van der Waals surface area contributed by atoms with E-state index in [1.54, 1.807) is 19.1 Å². The topological polar surface area (TPSA) is 58.6 Å². The van der Waals surface area contributed by atoms with Crippen molar-refractivity contribution in [2.24, 2.45) is 0 Å². The lowest BCUT2D eigenvalue weighted by Gasteiger charge is -2.15. The number of anilines is 1. The molecule has 0 aliphatic heterocycles. The number of hydrogen-bond donors (Lipinski definition) is 1. The summed E-state index contributed by atoms with van der Waals surface area (Å²) >= 11 is 0. The van der Waals surface area contributed by atoms with Gasteiger partial charge < -0.3 is 15.0 Å². The fourth-order valence-electron chi connectivity index (χ4n) is 1.71. The molecule has 110 valence electrons. The predicted octanol–water partition coefficient (Wildman–Crippen LogP) is 1.36. The third-order valence-electron chi connectivity index (χ3n) is 3.01. The first-order valence-electron chi connectivity index (χ1n) is 6.63. The Morgan fingerprint density at radius 2 is 1.90 bits per heavy atom. The maximum atomic E-state index is 11.7. The van der Waals surface area contributed by atoms with Crippen LogP contribution in [0.15, 0.2) is 24.3 Å². The molecule has 1 aromatic carbocycles. The quantitative estimate of drug-likeness (QED) is 0.766. The molecule has 0 spiro atoms. The number of rotatable bonds is 7. The van der Waals surface area contributed by atoms with Crippen molar-refractivity contribution in [1.82, 2.24) is 5.32 Å². The normalized spacial score (nSPS) is 10.2. The molecule has 0 atom stereocenters. The number of carbonyl (C=O) groups is 2. The Balaban J connectivity index is 2.45. The number of ether oxygens (including phenoxy) is 1. The van der Waals surface area contributed by atoms with Crippen molar-refractivity contribution < 1.29 is 14.3 Å². The van der Waals surface area contributed by atoms with Crippen molar-refractivity contribution in [2.75, 3.05) is 32.2 Å². The van der Waals surface area contributed by atoms with Crippen LogP contribution < -0.4 is 10.2 Å². The van der Waals surface area contributed by atoms with Crippen molar-refractivity contribution >= 4 is 17.5 Å². The van der Waals surface area contributed by atoms with Crippen LogP contribution in [-0.4, -0.2) is 39.1 Å². The number of amides is 2. The summed E-state index contributed by atoms with van der Waals surface area (Å²) in [5, 5.41) is 2.84. The Kier molecular flexibility index (Phi) is 6.73. The van der Waals surface area contributed by atoms with E-state index in [0.29, 0.717) is 19.6 Å².